The molecule has 0 amide bonds. The number of rotatable bonds is 7. The van der Waals surface area contributed by atoms with Crippen molar-refractivity contribution in [1.29, 1.82) is 0 Å². The van der Waals surface area contributed by atoms with Crippen LogP contribution in [0.4, 0.5) is 4.39 Å². The third-order valence-electron chi connectivity index (χ3n) is 3.28. The van der Waals surface area contributed by atoms with E-state index in [1.54, 1.807) is 18.2 Å². The van der Waals surface area contributed by atoms with Crippen molar-refractivity contribution in [3.05, 3.63) is 71.5 Å². The molecule has 0 saturated heterocycles. The first-order chi connectivity index (χ1) is 10.1. The molecule has 0 bridgehead atoms. The average molecular weight is 287 g/mol. The predicted octanol–water partition coefficient (Wildman–Crippen LogP) is 3.00. The van der Waals surface area contributed by atoms with Crippen LogP contribution in [0.1, 0.15) is 17.5 Å². The Balaban J connectivity index is 2.01. The molecule has 2 N–H and O–H groups in total. The smallest absolute Gasteiger partial charge is 0.304 e. The Morgan fingerprint density at radius 2 is 1.76 bits per heavy atom. The molecule has 0 saturated carbocycles. The molecule has 4 heteroatoms. The first-order valence-electron chi connectivity index (χ1n) is 6.87. The molecular weight excluding hydrogens is 269 g/mol. The lowest BCUT2D eigenvalue weighted by molar-refractivity contribution is -0.137. The number of hydrogen-bond acceptors (Lipinski definition) is 2. The quantitative estimate of drug-likeness (QED) is 0.823. The average Bonchev–Trinajstić information content (AvgIpc) is 2.48. The zero-order chi connectivity index (χ0) is 15.1. The van der Waals surface area contributed by atoms with Crippen molar-refractivity contribution in [3.8, 4) is 0 Å². The third-order valence-corrected chi connectivity index (χ3v) is 3.28. The van der Waals surface area contributed by atoms with Crippen LogP contribution in [0.15, 0.2) is 54.6 Å². The van der Waals surface area contributed by atoms with Crippen molar-refractivity contribution in [2.24, 2.45) is 0 Å². The van der Waals surface area contributed by atoms with Gasteiger partial charge in [0.25, 0.3) is 0 Å². The summed E-state index contributed by atoms with van der Waals surface area (Å²) in [6.07, 6.45) is 0.312. The molecule has 2 aromatic rings. The van der Waals surface area contributed by atoms with Gasteiger partial charge in [0.15, 0.2) is 0 Å². The highest BCUT2D eigenvalue weighted by Gasteiger charge is 2.15. The number of carboxylic acids is 1. The SMILES string of the molecule is O=C(O)C[C@H](Cc1ccccc1F)NCc1ccccc1. The van der Waals surface area contributed by atoms with Crippen LogP contribution in [-0.4, -0.2) is 17.1 Å². The summed E-state index contributed by atoms with van der Waals surface area (Å²) in [5, 5.41) is 12.2. The van der Waals surface area contributed by atoms with Gasteiger partial charge in [0.2, 0.25) is 0 Å². The van der Waals surface area contributed by atoms with Gasteiger partial charge in [0.05, 0.1) is 6.42 Å². The van der Waals surface area contributed by atoms with Gasteiger partial charge in [0.1, 0.15) is 5.82 Å². The van der Waals surface area contributed by atoms with Crippen molar-refractivity contribution >= 4 is 5.97 Å². The Labute approximate surface area is 123 Å². The summed E-state index contributed by atoms with van der Waals surface area (Å²) in [5.41, 5.74) is 1.60. The molecule has 0 aromatic heterocycles. The van der Waals surface area contributed by atoms with Gasteiger partial charge >= 0.3 is 5.97 Å². The predicted molar refractivity (Wildman–Crippen MR) is 79.4 cm³/mol. The lowest BCUT2D eigenvalue weighted by Crippen LogP contribution is -2.33. The second-order valence-corrected chi connectivity index (χ2v) is 4.96. The molecule has 0 aliphatic rings. The molecule has 0 aliphatic carbocycles. The summed E-state index contributed by atoms with van der Waals surface area (Å²) in [6.45, 7) is 0.563. The maximum absolute atomic E-state index is 13.7. The molecule has 2 aromatic carbocycles. The Bertz CT molecular complexity index is 586. The van der Waals surface area contributed by atoms with Crippen molar-refractivity contribution < 1.29 is 14.3 Å². The summed E-state index contributed by atoms with van der Waals surface area (Å²) in [7, 11) is 0. The standard InChI is InChI=1S/C17H18FNO2/c18-16-9-5-4-8-14(16)10-15(11-17(20)21)19-12-13-6-2-1-3-7-13/h1-9,15,19H,10-12H2,(H,20,21)/t15-/m0/s1. The Kier molecular flexibility index (Phi) is 5.46. The van der Waals surface area contributed by atoms with E-state index in [-0.39, 0.29) is 18.3 Å². The summed E-state index contributed by atoms with van der Waals surface area (Å²) in [5.74, 6) is -1.19. The van der Waals surface area contributed by atoms with E-state index in [1.165, 1.54) is 6.07 Å². The molecule has 0 heterocycles. The minimum absolute atomic E-state index is 0.0405. The molecule has 2 rings (SSSR count). The molecule has 0 radical (unpaired) electrons. The van der Waals surface area contributed by atoms with Crippen LogP contribution >= 0.6 is 0 Å². The van der Waals surface area contributed by atoms with E-state index in [1.807, 2.05) is 30.3 Å². The number of halogens is 1. The molecule has 21 heavy (non-hydrogen) atoms. The van der Waals surface area contributed by atoms with Crippen LogP contribution in [0, 0.1) is 5.82 Å². The van der Waals surface area contributed by atoms with Gasteiger partial charge in [-0.05, 0) is 23.6 Å². The lowest BCUT2D eigenvalue weighted by Gasteiger charge is -2.17. The number of aliphatic carboxylic acids is 1. The Morgan fingerprint density at radius 3 is 2.43 bits per heavy atom. The highest BCUT2D eigenvalue weighted by atomic mass is 19.1. The highest BCUT2D eigenvalue weighted by molar-refractivity contribution is 5.67. The first kappa shape index (κ1) is 15.2. The van der Waals surface area contributed by atoms with Gasteiger partial charge in [-0.25, -0.2) is 4.39 Å². The largest absolute Gasteiger partial charge is 0.481 e. The second kappa shape index (κ2) is 7.55. The molecule has 0 fully saturated rings. The third kappa shape index (κ3) is 5.00. The minimum atomic E-state index is -0.892. The fourth-order valence-electron chi connectivity index (χ4n) is 2.21. The first-order valence-corrected chi connectivity index (χ1v) is 6.87. The monoisotopic (exact) mass is 287 g/mol. The zero-order valence-corrected chi connectivity index (χ0v) is 11.6. The fraction of sp³-hybridized carbons (Fsp3) is 0.235. The molecular formula is C17H18FNO2. The normalized spacial score (nSPS) is 12.0. The van der Waals surface area contributed by atoms with Crippen LogP contribution < -0.4 is 5.32 Å². The fourth-order valence-corrected chi connectivity index (χ4v) is 2.21. The van der Waals surface area contributed by atoms with Crippen LogP contribution in [0.3, 0.4) is 0 Å². The number of benzene rings is 2. The van der Waals surface area contributed by atoms with Crippen molar-refractivity contribution in [2.45, 2.75) is 25.4 Å². The summed E-state index contributed by atoms with van der Waals surface area (Å²) < 4.78 is 13.7. The topological polar surface area (TPSA) is 49.3 Å². The minimum Gasteiger partial charge on any atom is -0.481 e. The number of nitrogens with one attached hydrogen (secondary N) is 1. The number of carbonyl (C=O) groups is 1. The molecule has 0 spiro atoms. The van der Waals surface area contributed by atoms with E-state index in [2.05, 4.69) is 5.32 Å². The van der Waals surface area contributed by atoms with Crippen molar-refractivity contribution in [2.75, 3.05) is 0 Å². The molecule has 0 unspecified atom stereocenters. The maximum Gasteiger partial charge on any atom is 0.304 e. The van der Waals surface area contributed by atoms with Gasteiger partial charge in [-0.1, -0.05) is 48.5 Å². The van der Waals surface area contributed by atoms with Gasteiger partial charge in [-0.15, -0.1) is 0 Å². The van der Waals surface area contributed by atoms with Gasteiger partial charge in [-0.2, -0.15) is 0 Å². The van der Waals surface area contributed by atoms with E-state index < -0.39 is 5.97 Å². The number of hydrogen-bond donors (Lipinski definition) is 2. The Morgan fingerprint density at radius 1 is 1.10 bits per heavy atom. The van der Waals surface area contributed by atoms with E-state index in [0.29, 0.717) is 18.5 Å². The summed E-state index contributed by atoms with van der Waals surface area (Å²) >= 11 is 0. The van der Waals surface area contributed by atoms with E-state index in [4.69, 9.17) is 5.11 Å². The van der Waals surface area contributed by atoms with Gasteiger partial charge < -0.3 is 10.4 Å². The van der Waals surface area contributed by atoms with Crippen molar-refractivity contribution in [3.63, 3.8) is 0 Å². The van der Waals surface area contributed by atoms with E-state index >= 15 is 0 Å². The van der Waals surface area contributed by atoms with Gasteiger partial charge in [0, 0.05) is 12.6 Å². The summed E-state index contributed by atoms with van der Waals surface area (Å²) in [4.78, 5) is 11.0. The Hall–Kier alpha value is -2.20. The highest BCUT2D eigenvalue weighted by Crippen LogP contribution is 2.11. The summed E-state index contributed by atoms with van der Waals surface area (Å²) in [6, 6.07) is 15.9. The van der Waals surface area contributed by atoms with E-state index in [0.717, 1.165) is 5.56 Å². The van der Waals surface area contributed by atoms with Crippen molar-refractivity contribution in [1.82, 2.24) is 5.32 Å². The number of carboxylic acid groups (broad SMARTS) is 1. The molecule has 0 aliphatic heterocycles. The maximum atomic E-state index is 13.7. The van der Waals surface area contributed by atoms with Gasteiger partial charge in [-0.3, -0.25) is 4.79 Å². The molecule has 110 valence electrons. The van der Waals surface area contributed by atoms with Crippen LogP contribution in [-0.2, 0) is 17.8 Å². The van der Waals surface area contributed by atoms with Crippen LogP contribution in [0.25, 0.3) is 0 Å². The zero-order valence-electron chi connectivity index (χ0n) is 11.6. The van der Waals surface area contributed by atoms with E-state index in [9.17, 15) is 9.18 Å². The van der Waals surface area contributed by atoms with Crippen LogP contribution in [0.2, 0.25) is 0 Å². The molecule has 1 atom stereocenters. The lowest BCUT2D eigenvalue weighted by atomic mass is 10.0. The molecule has 3 nitrogen and oxygen atoms in total. The second-order valence-electron chi connectivity index (χ2n) is 4.96. The van der Waals surface area contributed by atoms with Crippen LogP contribution in [0.5, 0.6) is 0 Å².